The monoisotopic (exact) mass is 334 g/mol. The van der Waals surface area contributed by atoms with E-state index in [1.54, 1.807) is 0 Å². The molecule has 4 saturated carbocycles. The number of hydrogen-bond donors (Lipinski definition) is 2. The van der Waals surface area contributed by atoms with Gasteiger partial charge in [-0.05, 0) is 74.7 Å². The average molecular weight is 335 g/mol. The minimum absolute atomic E-state index is 0.495. The summed E-state index contributed by atoms with van der Waals surface area (Å²) in [4.78, 5) is 7.21. The van der Waals surface area contributed by atoms with Crippen molar-refractivity contribution in [3.63, 3.8) is 0 Å². The van der Waals surface area contributed by atoms with Crippen molar-refractivity contribution in [3.8, 4) is 0 Å². The van der Waals surface area contributed by atoms with Crippen molar-refractivity contribution in [2.45, 2.75) is 44.9 Å². The van der Waals surface area contributed by atoms with Gasteiger partial charge in [-0.1, -0.05) is 0 Å². The number of nitrogens with two attached hydrogens (primary N) is 1. The van der Waals surface area contributed by atoms with Crippen molar-refractivity contribution in [1.29, 1.82) is 0 Å². The van der Waals surface area contributed by atoms with Crippen LogP contribution in [-0.2, 0) is 4.74 Å². The van der Waals surface area contributed by atoms with Crippen LogP contribution in [0.4, 0.5) is 0 Å². The summed E-state index contributed by atoms with van der Waals surface area (Å²) in [6.45, 7) is 6.89. The number of ether oxygens (including phenoxy) is 1. The third kappa shape index (κ3) is 3.88. The van der Waals surface area contributed by atoms with Gasteiger partial charge in [0.25, 0.3) is 0 Å². The number of rotatable bonds is 6. The topological polar surface area (TPSA) is 62.9 Å². The first kappa shape index (κ1) is 16.6. The lowest BCUT2D eigenvalue weighted by atomic mass is 9.49. The summed E-state index contributed by atoms with van der Waals surface area (Å²) in [5.74, 6) is 3.64. The lowest BCUT2D eigenvalue weighted by molar-refractivity contribution is -0.0465. The highest BCUT2D eigenvalue weighted by Gasteiger charge is 2.50. The summed E-state index contributed by atoms with van der Waals surface area (Å²) in [6.07, 6.45) is 9.84. The smallest absolute Gasteiger partial charge is 0.188 e. The SMILES string of the molecule is NC(=NCC12CC3CC(CC(C3)C1)C2)NCCCN1CCOCC1. The lowest BCUT2D eigenvalue weighted by Crippen LogP contribution is -2.48. The summed E-state index contributed by atoms with van der Waals surface area (Å²) >= 11 is 0. The number of morpholine rings is 1. The Balaban J connectivity index is 1.18. The molecule has 1 heterocycles. The Bertz CT molecular complexity index is 423. The second-order valence-corrected chi connectivity index (χ2v) is 8.85. The Morgan fingerprint density at radius 2 is 1.71 bits per heavy atom. The molecule has 5 aliphatic rings. The fourth-order valence-electron chi connectivity index (χ4n) is 6.14. The highest BCUT2D eigenvalue weighted by atomic mass is 16.5. The van der Waals surface area contributed by atoms with Crippen LogP contribution in [0.1, 0.15) is 44.9 Å². The second-order valence-electron chi connectivity index (χ2n) is 8.85. The first-order chi connectivity index (χ1) is 11.7. The van der Waals surface area contributed by atoms with E-state index >= 15 is 0 Å². The van der Waals surface area contributed by atoms with E-state index in [0.29, 0.717) is 11.4 Å². The summed E-state index contributed by atoms with van der Waals surface area (Å²) in [5.41, 5.74) is 6.62. The Morgan fingerprint density at radius 3 is 2.33 bits per heavy atom. The molecule has 3 N–H and O–H groups in total. The van der Waals surface area contributed by atoms with E-state index in [9.17, 15) is 0 Å². The second kappa shape index (κ2) is 7.20. The molecule has 5 rings (SSSR count). The Morgan fingerprint density at radius 1 is 1.08 bits per heavy atom. The van der Waals surface area contributed by atoms with E-state index in [4.69, 9.17) is 15.5 Å². The minimum atomic E-state index is 0.495. The first-order valence-corrected chi connectivity index (χ1v) is 10.0. The van der Waals surface area contributed by atoms with E-state index in [1.807, 2.05) is 0 Å². The van der Waals surface area contributed by atoms with Crippen LogP contribution in [-0.4, -0.2) is 56.8 Å². The van der Waals surface area contributed by atoms with Gasteiger partial charge in [-0.3, -0.25) is 9.89 Å². The van der Waals surface area contributed by atoms with Crippen molar-refractivity contribution < 1.29 is 4.74 Å². The molecule has 4 bridgehead atoms. The molecule has 0 radical (unpaired) electrons. The summed E-state index contributed by atoms with van der Waals surface area (Å²) in [7, 11) is 0. The van der Waals surface area contributed by atoms with Gasteiger partial charge in [0.1, 0.15) is 0 Å². The molecule has 136 valence electrons. The fourth-order valence-corrected chi connectivity index (χ4v) is 6.14. The predicted octanol–water partition coefficient (Wildman–Crippen LogP) is 1.83. The zero-order chi connectivity index (χ0) is 16.4. The molecule has 5 fully saturated rings. The molecular formula is C19H34N4O. The zero-order valence-electron chi connectivity index (χ0n) is 15.0. The van der Waals surface area contributed by atoms with Crippen molar-refractivity contribution in [2.24, 2.45) is 33.9 Å². The van der Waals surface area contributed by atoms with Crippen molar-refractivity contribution >= 4 is 5.96 Å². The molecule has 0 spiro atoms. The lowest BCUT2D eigenvalue weighted by Gasteiger charge is -2.56. The number of hydrogen-bond acceptors (Lipinski definition) is 3. The van der Waals surface area contributed by atoms with Crippen molar-refractivity contribution in [3.05, 3.63) is 0 Å². The summed E-state index contributed by atoms with van der Waals surface area (Å²) in [6, 6.07) is 0. The normalized spacial score (nSPS) is 39.3. The van der Waals surface area contributed by atoms with E-state index in [2.05, 4.69) is 10.2 Å². The Kier molecular flexibility index (Phi) is 5.00. The van der Waals surface area contributed by atoms with Gasteiger partial charge in [0.15, 0.2) is 5.96 Å². The van der Waals surface area contributed by atoms with Crippen LogP contribution in [0.3, 0.4) is 0 Å². The van der Waals surface area contributed by atoms with Crippen LogP contribution in [0, 0.1) is 23.2 Å². The van der Waals surface area contributed by atoms with Gasteiger partial charge in [-0.25, -0.2) is 0 Å². The number of aliphatic imine (C=N–C) groups is 1. The largest absolute Gasteiger partial charge is 0.379 e. The molecule has 5 nitrogen and oxygen atoms in total. The molecule has 4 aliphatic carbocycles. The summed E-state index contributed by atoms with van der Waals surface area (Å²) in [5, 5.41) is 3.32. The molecule has 0 aromatic heterocycles. The standard InChI is InChI=1S/C19H34N4O/c20-18(21-2-1-3-23-4-6-24-7-5-23)22-14-19-11-15-8-16(12-19)10-17(9-15)13-19/h15-17H,1-14H2,(H3,20,21,22). The quantitative estimate of drug-likeness (QED) is 0.442. The third-order valence-corrected chi connectivity index (χ3v) is 6.81. The average Bonchev–Trinajstić information content (AvgIpc) is 2.57. The van der Waals surface area contributed by atoms with E-state index in [1.165, 1.54) is 38.5 Å². The molecular weight excluding hydrogens is 300 g/mol. The molecule has 5 heteroatoms. The maximum Gasteiger partial charge on any atom is 0.188 e. The van der Waals surface area contributed by atoms with E-state index < -0.39 is 0 Å². The molecule has 0 aromatic rings. The molecule has 1 saturated heterocycles. The molecule has 24 heavy (non-hydrogen) atoms. The molecule has 1 aliphatic heterocycles. The maximum atomic E-state index is 6.13. The summed E-state index contributed by atoms with van der Waals surface area (Å²) < 4.78 is 5.38. The minimum Gasteiger partial charge on any atom is -0.379 e. The van der Waals surface area contributed by atoms with Crippen LogP contribution in [0.15, 0.2) is 4.99 Å². The van der Waals surface area contributed by atoms with Crippen LogP contribution in [0.25, 0.3) is 0 Å². The van der Waals surface area contributed by atoms with Gasteiger partial charge in [-0.15, -0.1) is 0 Å². The van der Waals surface area contributed by atoms with Gasteiger partial charge in [0, 0.05) is 26.2 Å². The number of guanidine groups is 1. The highest BCUT2D eigenvalue weighted by Crippen LogP contribution is 2.60. The third-order valence-electron chi connectivity index (χ3n) is 6.81. The van der Waals surface area contributed by atoms with Crippen LogP contribution < -0.4 is 11.1 Å². The van der Waals surface area contributed by atoms with Crippen LogP contribution in [0.2, 0.25) is 0 Å². The Labute approximate surface area is 146 Å². The van der Waals surface area contributed by atoms with E-state index in [0.717, 1.165) is 70.1 Å². The molecule has 0 unspecified atom stereocenters. The molecule has 0 amide bonds. The van der Waals surface area contributed by atoms with Gasteiger partial charge < -0.3 is 15.8 Å². The van der Waals surface area contributed by atoms with Gasteiger partial charge in [-0.2, -0.15) is 0 Å². The van der Waals surface area contributed by atoms with Crippen molar-refractivity contribution in [2.75, 3.05) is 45.9 Å². The predicted molar refractivity (Wildman–Crippen MR) is 97.0 cm³/mol. The molecule has 0 aromatic carbocycles. The first-order valence-electron chi connectivity index (χ1n) is 10.0. The van der Waals surface area contributed by atoms with Crippen LogP contribution in [0.5, 0.6) is 0 Å². The number of nitrogens with zero attached hydrogens (tertiary/aromatic N) is 2. The van der Waals surface area contributed by atoms with Gasteiger partial charge in [0.05, 0.1) is 13.2 Å². The molecule has 0 atom stereocenters. The maximum absolute atomic E-state index is 6.13. The van der Waals surface area contributed by atoms with Gasteiger partial charge in [0.2, 0.25) is 0 Å². The van der Waals surface area contributed by atoms with Gasteiger partial charge >= 0.3 is 0 Å². The number of nitrogens with one attached hydrogen (secondary N) is 1. The zero-order valence-corrected chi connectivity index (χ0v) is 15.0. The Hall–Kier alpha value is -0.810. The highest BCUT2D eigenvalue weighted by molar-refractivity contribution is 5.77. The van der Waals surface area contributed by atoms with E-state index in [-0.39, 0.29) is 0 Å². The van der Waals surface area contributed by atoms with Crippen LogP contribution >= 0.6 is 0 Å². The van der Waals surface area contributed by atoms with Crippen molar-refractivity contribution in [1.82, 2.24) is 10.2 Å². The fraction of sp³-hybridized carbons (Fsp3) is 0.947.